The Labute approximate surface area is 228 Å². The summed E-state index contributed by atoms with van der Waals surface area (Å²) < 4.78 is 16.1. The molecule has 0 bridgehead atoms. The zero-order chi connectivity index (χ0) is 26.7. The van der Waals surface area contributed by atoms with E-state index in [0.29, 0.717) is 0 Å². The van der Waals surface area contributed by atoms with Gasteiger partial charge < -0.3 is 14.0 Å². The fraction of sp³-hybridized carbons (Fsp3) is 0.370. The minimum Gasteiger partial charge on any atom is -0.459 e. The summed E-state index contributed by atoms with van der Waals surface area (Å²) in [4.78, 5) is 23.5. The van der Waals surface area contributed by atoms with Gasteiger partial charge in [0, 0.05) is 37.6 Å². The van der Waals surface area contributed by atoms with E-state index >= 15 is 0 Å². The molecule has 36 heavy (non-hydrogen) atoms. The number of hydrogen-bond donors (Lipinski definition) is 0. The van der Waals surface area contributed by atoms with Crippen molar-refractivity contribution in [3.05, 3.63) is 63.8 Å². The van der Waals surface area contributed by atoms with Crippen LogP contribution in [0.1, 0.15) is 41.5 Å². The van der Waals surface area contributed by atoms with E-state index in [2.05, 4.69) is 37.0 Å². The van der Waals surface area contributed by atoms with E-state index in [1.807, 2.05) is 101 Å². The van der Waals surface area contributed by atoms with E-state index in [9.17, 15) is 9.59 Å². The number of benzene rings is 2. The normalized spacial score (nSPS) is 11.8. The van der Waals surface area contributed by atoms with Gasteiger partial charge in [-0.15, -0.1) is 0 Å². The van der Waals surface area contributed by atoms with Crippen LogP contribution in [0.4, 0.5) is 0 Å². The molecule has 7 nitrogen and oxygen atoms in total. The highest BCUT2D eigenvalue weighted by molar-refractivity contribution is 9.10. The van der Waals surface area contributed by atoms with Crippen molar-refractivity contribution in [1.82, 2.24) is 14.3 Å². The van der Waals surface area contributed by atoms with Crippen LogP contribution in [0, 0.1) is 0 Å². The first-order valence-electron chi connectivity index (χ1n) is 11.5. The molecule has 0 amide bonds. The third-order valence-electron chi connectivity index (χ3n) is 4.68. The predicted molar refractivity (Wildman–Crippen MR) is 149 cm³/mol. The Kier molecular flexibility index (Phi) is 8.67. The molecule has 2 aromatic carbocycles. The molecule has 0 radical (unpaired) electrons. The Balaban J connectivity index is 0.000000201. The number of hydrogen-bond acceptors (Lipinski definition) is 5. The van der Waals surface area contributed by atoms with Crippen LogP contribution in [0.3, 0.4) is 0 Å². The summed E-state index contributed by atoms with van der Waals surface area (Å²) in [5, 5.41) is 6.42. The lowest BCUT2D eigenvalue weighted by molar-refractivity contribution is -0.156. The number of carbonyl (C=O) groups excluding carboxylic acids is 2. The zero-order valence-electron chi connectivity index (χ0n) is 21.3. The first kappa shape index (κ1) is 27.9. The summed E-state index contributed by atoms with van der Waals surface area (Å²) in [6.07, 6.45) is 3.74. The molecule has 2 aromatic heterocycles. The van der Waals surface area contributed by atoms with E-state index in [-0.39, 0.29) is 25.0 Å². The molecule has 0 fully saturated rings. The lowest BCUT2D eigenvalue weighted by Crippen LogP contribution is -2.26. The lowest BCUT2D eigenvalue weighted by Gasteiger charge is -2.19. The number of ether oxygens (including phenoxy) is 2. The van der Waals surface area contributed by atoms with Crippen molar-refractivity contribution in [3.63, 3.8) is 0 Å². The van der Waals surface area contributed by atoms with Crippen LogP contribution in [0.15, 0.2) is 63.8 Å². The molecule has 0 aliphatic rings. The highest BCUT2D eigenvalue weighted by Gasteiger charge is 2.18. The molecule has 0 unspecified atom stereocenters. The van der Waals surface area contributed by atoms with Crippen LogP contribution in [-0.4, -0.2) is 37.5 Å². The van der Waals surface area contributed by atoms with Gasteiger partial charge in [0.25, 0.3) is 0 Å². The Hall–Kier alpha value is -2.65. The molecule has 4 rings (SSSR count). The van der Waals surface area contributed by atoms with Crippen molar-refractivity contribution >= 4 is 65.6 Å². The van der Waals surface area contributed by atoms with Gasteiger partial charge in [-0.2, -0.15) is 5.10 Å². The van der Waals surface area contributed by atoms with Crippen LogP contribution >= 0.6 is 31.9 Å². The SMILES string of the molecule is CC(C)(C)OC(=O)Cn1cc2cc(Br)ccc2n1.CC(C)(C)OC(=O)Cn1ccc2cc(Br)ccc21. The van der Waals surface area contributed by atoms with Gasteiger partial charge in [-0.05, 0) is 84.0 Å². The van der Waals surface area contributed by atoms with Gasteiger partial charge in [0.2, 0.25) is 0 Å². The van der Waals surface area contributed by atoms with E-state index in [1.165, 1.54) is 0 Å². The Morgan fingerprint density at radius 3 is 1.97 bits per heavy atom. The smallest absolute Gasteiger partial charge is 0.328 e. The van der Waals surface area contributed by atoms with Crippen LogP contribution in [-0.2, 0) is 32.2 Å². The minimum absolute atomic E-state index is 0.129. The number of fused-ring (bicyclic) bond motifs is 2. The topological polar surface area (TPSA) is 75.4 Å². The Morgan fingerprint density at radius 1 is 0.806 bits per heavy atom. The molecule has 0 aliphatic carbocycles. The number of halogens is 2. The second-order valence-electron chi connectivity index (χ2n) is 10.3. The van der Waals surface area contributed by atoms with Crippen LogP contribution in [0.5, 0.6) is 0 Å². The van der Waals surface area contributed by atoms with Crippen molar-refractivity contribution in [3.8, 4) is 0 Å². The van der Waals surface area contributed by atoms with Crippen molar-refractivity contribution in [2.24, 2.45) is 0 Å². The maximum Gasteiger partial charge on any atom is 0.328 e. The van der Waals surface area contributed by atoms with Gasteiger partial charge in [0.1, 0.15) is 24.3 Å². The fourth-order valence-electron chi connectivity index (χ4n) is 3.46. The zero-order valence-corrected chi connectivity index (χ0v) is 24.5. The highest BCUT2D eigenvalue weighted by atomic mass is 79.9. The van der Waals surface area contributed by atoms with Crippen molar-refractivity contribution in [2.75, 3.05) is 0 Å². The summed E-state index contributed by atoms with van der Waals surface area (Å²) in [5.41, 5.74) is 0.987. The van der Waals surface area contributed by atoms with Gasteiger partial charge in [0.15, 0.2) is 0 Å². The van der Waals surface area contributed by atoms with Gasteiger partial charge >= 0.3 is 11.9 Å². The summed E-state index contributed by atoms with van der Waals surface area (Å²) in [5.74, 6) is -0.503. The number of carbonyl (C=O) groups is 2. The molecule has 9 heteroatoms. The summed E-state index contributed by atoms with van der Waals surface area (Å²) in [7, 11) is 0. The molecule has 0 saturated carbocycles. The molecular formula is C27H31Br2N3O4. The number of aromatic nitrogens is 3. The van der Waals surface area contributed by atoms with Crippen LogP contribution in [0.25, 0.3) is 21.8 Å². The minimum atomic E-state index is -0.466. The average molecular weight is 621 g/mol. The van der Waals surface area contributed by atoms with E-state index in [1.54, 1.807) is 4.68 Å². The molecule has 4 aromatic rings. The molecule has 0 saturated heterocycles. The largest absolute Gasteiger partial charge is 0.459 e. The van der Waals surface area contributed by atoms with E-state index < -0.39 is 11.2 Å². The Morgan fingerprint density at radius 2 is 1.36 bits per heavy atom. The fourth-order valence-corrected chi connectivity index (χ4v) is 4.21. The maximum atomic E-state index is 11.8. The second-order valence-corrected chi connectivity index (χ2v) is 12.2. The molecule has 0 N–H and O–H groups in total. The first-order chi connectivity index (χ1) is 16.7. The lowest BCUT2D eigenvalue weighted by atomic mass is 10.2. The standard InChI is InChI=1S/C14H16BrNO2.C13H15BrN2O2/c1-14(2,3)18-13(17)9-16-7-6-10-8-11(15)4-5-12(10)16;1-13(2,3)18-12(17)8-16-7-9-6-10(14)4-5-11(9)15-16/h4-8H,9H2,1-3H3;4-7H,8H2,1-3H3. The van der Waals surface area contributed by atoms with Crippen LogP contribution in [0.2, 0.25) is 0 Å². The average Bonchev–Trinajstić information content (AvgIpc) is 3.28. The van der Waals surface area contributed by atoms with Gasteiger partial charge in [-0.3, -0.25) is 14.3 Å². The summed E-state index contributed by atoms with van der Waals surface area (Å²) >= 11 is 6.83. The highest BCUT2D eigenvalue weighted by Crippen LogP contribution is 2.21. The van der Waals surface area contributed by atoms with Gasteiger partial charge in [0.05, 0.1) is 5.52 Å². The molecule has 2 heterocycles. The van der Waals surface area contributed by atoms with E-state index in [4.69, 9.17) is 9.47 Å². The van der Waals surface area contributed by atoms with E-state index in [0.717, 1.165) is 30.8 Å². The van der Waals surface area contributed by atoms with Crippen LogP contribution < -0.4 is 0 Å². The predicted octanol–water partition coefficient (Wildman–Crippen LogP) is 6.89. The Bertz CT molecular complexity index is 1370. The summed E-state index contributed by atoms with van der Waals surface area (Å²) in [6.45, 7) is 11.5. The monoisotopic (exact) mass is 619 g/mol. The maximum absolute atomic E-state index is 11.8. The first-order valence-corrected chi connectivity index (χ1v) is 13.1. The quantitative estimate of drug-likeness (QED) is 0.232. The molecule has 0 spiro atoms. The summed E-state index contributed by atoms with van der Waals surface area (Å²) in [6, 6.07) is 13.8. The third-order valence-corrected chi connectivity index (χ3v) is 5.66. The number of nitrogens with zero attached hydrogens (tertiary/aromatic N) is 3. The van der Waals surface area contributed by atoms with Crippen molar-refractivity contribution in [1.29, 1.82) is 0 Å². The third kappa shape index (κ3) is 8.48. The number of esters is 2. The molecule has 192 valence electrons. The van der Waals surface area contributed by atoms with Gasteiger partial charge in [-0.1, -0.05) is 31.9 Å². The number of rotatable bonds is 4. The van der Waals surface area contributed by atoms with Gasteiger partial charge in [-0.25, -0.2) is 0 Å². The molecular weight excluding hydrogens is 590 g/mol. The van der Waals surface area contributed by atoms with Crippen molar-refractivity contribution in [2.45, 2.75) is 65.8 Å². The second kappa shape index (κ2) is 11.2. The van der Waals surface area contributed by atoms with Crippen molar-refractivity contribution < 1.29 is 19.1 Å². The molecule has 0 atom stereocenters. The molecule has 0 aliphatic heterocycles.